The van der Waals surface area contributed by atoms with Crippen LogP contribution in [-0.2, 0) is 9.53 Å². The van der Waals surface area contributed by atoms with Gasteiger partial charge >= 0.3 is 36.3 Å². The Labute approximate surface area is 225 Å². The molecule has 1 aliphatic carbocycles. The predicted molar refractivity (Wildman–Crippen MR) is 120 cm³/mol. The lowest BCUT2D eigenvalue weighted by molar-refractivity contribution is -0.400. The van der Waals surface area contributed by atoms with Gasteiger partial charge in [0.15, 0.2) is 0 Å². The fourth-order valence-electron chi connectivity index (χ4n) is 5.61. The highest BCUT2D eigenvalue weighted by atomic mass is 19.4. The van der Waals surface area contributed by atoms with Gasteiger partial charge in [0.2, 0.25) is 0 Å². The summed E-state index contributed by atoms with van der Waals surface area (Å²) in [6, 6.07) is 0. The Hall–Kier alpha value is -1.41. The second kappa shape index (κ2) is 10.4. The Balaban J connectivity index is 3.71. The third kappa shape index (κ3) is 5.91. The molecule has 0 aromatic carbocycles. The van der Waals surface area contributed by atoms with Gasteiger partial charge in [-0.25, -0.2) is 0 Å². The Bertz CT molecular complexity index is 867. The van der Waals surface area contributed by atoms with Crippen LogP contribution in [-0.4, -0.2) is 47.0 Å². The Morgan fingerprint density at radius 3 is 1.23 bits per heavy atom. The molecule has 2 atom stereocenters. The molecular weight excluding hydrogens is 576 g/mol. The van der Waals surface area contributed by atoms with E-state index in [4.69, 9.17) is 0 Å². The zero-order valence-electron chi connectivity index (χ0n) is 23.4. The summed E-state index contributed by atoms with van der Waals surface area (Å²) in [6.45, 7) is 11.7. The highest BCUT2D eigenvalue weighted by molar-refractivity contribution is 5.78. The summed E-state index contributed by atoms with van der Waals surface area (Å²) >= 11 is 0. The normalized spacial score (nSPS) is 23.4. The standard InChI is InChI=1S/C25H36F12O3/c1-13(17(2,3)4)19(8,18(5,6)7)16(38)40-21(24(32,33)34,25(35,36)37)15-11-9-14(10-12-15)20(39,22(26,27)28)23(29,30)31/h13-15,39H,9-12H2,1-8H3. The first-order valence-electron chi connectivity index (χ1n) is 12.5. The molecule has 3 nitrogen and oxygen atoms in total. The van der Waals surface area contributed by atoms with Crippen LogP contribution in [0.5, 0.6) is 0 Å². The van der Waals surface area contributed by atoms with Crippen molar-refractivity contribution in [3.8, 4) is 0 Å². The minimum atomic E-state index is -6.34. The Morgan fingerprint density at radius 1 is 0.650 bits per heavy atom. The molecule has 1 rings (SSSR count). The van der Waals surface area contributed by atoms with Gasteiger partial charge in [-0.2, -0.15) is 52.7 Å². The van der Waals surface area contributed by atoms with Gasteiger partial charge in [0.25, 0.3) is 5.60 Å². The van der Waals surface area contributed by atoms with Crippen molar-refractivity contribution < 1.29 is 67.3 Å². The van der Waals surface area contributed by atoms with Gasteiger partial charge in [0.05, 0.1) is 5.41 Å². The molecular formula is C25H36F12O3. The van der Waals surface area contributed by atoms with E-state index < -0.39 is 102 Å². The van der Waals surface area contributed by atoms with Crippen LogP contribution in [0.3, 0.4) is 0 Å². The summed E-state index contributed by atoms with van der Waals surface area (Å²) in [5.41, 5.74) is -14.6. The number of aliphatic hydroxyl groups is 1. The van der Waals surface area contributed by atoms with Crippen molar-refractivity contribution >= 4 is 5.97 Å². The fraction of sp³-hybridized carbons (Fsp3) is 0.960. The van der Waals surface area contributed by atoms with Gasteiger partial charge < -0.3 is 9.84 Å². The zero-order valence-corrected chi connectivity index (χ0v) is 23.4. The molecule has 238 valence electrons. The van der Waals surface area contributed by atoms with Gasteiger partial charge in [-0.3, -0.25) is 4.79 Å². The minimum Gasteiger partial charge on any atom is -0.439 e. The summed E-state index contributed by atoms with van der Waals surface area (Å²) in [5, 5.41) is 9.62. The van der Waals surface area contributed by atoms with E-state index in [1.165, 1.54) is 27.7 Å². The number of carbonyl (C=O) groups excluding carboxylic acids is 1. The van der Waals surface area contributed by atoms with Crippen molar-refractivity contribution in [1.29, 1.82) is 0 Å². The highest BCUT2D eigenvalue weighted by Crippen LogP contribution is 2.60. The van der Waals surface area contributed by atoms with Gasteiger partial charge in [-0.1, -0.05) is 48.5 Å². The van der Waals surface area contributed by atoms with Crippen LogP contribution >= 0.6 is 0 Å². The number of hydrogen-bond acceptors (Lipinski definition) is 3. The Kier molecular flexibility index (Phi) is 9.51. The number of carbonyl (C=O) groups is 1. The first-order valence-corrected chi connectivity index (χ1v) is 12.5. The number of halogens is 12. The third-order valence-electron chi connectivity index (χ3n) is 9.00. The average molecular weight is 613 g/mol. The van der Waals surface area contributed by atoms with E-state index in [9.17, 15) is 62.6 Å². The molecule has 0 spiro atoms. The second-order valence-electron chi connectivity index (χ2n) is 13.0. The molecule has 1 saturated carbocycles. The molecule has 0 aliphatic heterocycles. The van der Waals surface area contributed by atoms with Crippen molar-refractivity contribution in [3.05, 3.63) is 0 Å². The second-order valence-corrected chi connectivity index (χ2v) is 13.0. The number of esters is 1. The van der Waals surface area contributed by atoms with E-state index in [-0.39, 0.29) is 0 Å². The molecule has 0 amide bonds. The molecule has 0 aromatic rings. The topological polar surface area (TPSA) is 46.5 Å². The van der Waals surface area contributed by atoms with Crippen LogP contribution in [0.4, 0.5) is 52.7 Å². The van der Waals surface area contributed by atoms with Crippen molar-refractivity contribution in [1.82, 2.24) is 0 Å². The molecule has 15 heteroatoms. The van der Waals surface area contributed by atoms with Crippen molar-refractivity contribution in [2.75, 3.05) is 0 Å². The first kappa shape index (κ1) is 36.6. The molecule has 1 N–H and O–H groups in total. The number of hydrogen-bond donors (Lipinski definition) is 1. The lowest BCUT2D eigenvalue weighted by Crippen LogP contribution is -2.67. The number of alkyl halides is 12. The summed E-state index contributed by atoms with van der Waals surface area (Å²) in [6.07, 6.45) is -31.3. The van der Waals surface area contributed by atoms with E-state index in [1.807, 2.05) is 0 Å². The van der Waals surface area contributed by atoms with Crippen LogP contribution < -0.4 is 0 Å². The van der Waals surface area contributed by atoms with Crippen LogP contribution in [0, 0.1) is 34.0 Å². The van der Waals surface area contributed by atoms with E-state index in [2.05, 4.69) is 4.74 Å². The molecule has 0 aromatic heterocycles. The molecule has 1 fully saturated rings. The summed E-state index contributed by atoms with van der Waals surface area (Å²) < 4.78 is 171. The van der Waals surface area contributed by atoms with Crippen molar-refractivity contribution in [3.63, 3.8) is 0 Å². The number of ether oxygens (including phenoxy) is 1. The van der Waals surface area contributed by atoms with E-state index in [1.54, 1.807) is 20.8 Å². The minimum absolute atomic E-state index is 0.822. The molecule has 0 saturated heterocycles. The van der Waals surface area contributed by atoms with Gasteiger partial charge in [0, 0.05) is 11.8 Å². The van der Waals surface area contributed by atoms with Crippen LogP contribution in [0.25, 0.3) is 0 Å². The van der Waals surface area contributed by atoms with E-state index >= 15 is 0 Å². The van der Waals surface area contributed by atoms with E-state index in [0.717, 1.165) is 6.92 Å². The van der Waals surface area contributed by atoms with Gasteiger partial charge in [-0.05, 0) is 49.4 Å². The average Bonchev–Trinajstić information content (AvgIpc) is 2.70. The zero-order chi connectivity index (χ0) is 32.3. The largest absolute Gasteiger partial charge is 0.439 e. The third-order valence-corrected chi connectivity index (χ3v) is 9.00. The lowest BCUT2D eigenvalue weighted by atomic mass is 9.55. The fourth-order valence-corrected chi connectivity index (χ4v) is 5.61. The predicted octanol–water partition coefficient (Wildman–Crippen LogP) is 8.79. The maximum Gasteiger partial charge on any atom is 0.437 e. The lowest BCUT2D eigenvalue weighted by Gasteiger charge is -2.52. The summed E-state index contributed by atoms with van der Waals surface area (Å²) in [5.74, 6) is -8.27. The maximum absolute atomic E-state index is 14.4. The molecule has 2 unspecified atom stereocenters. The van der Waals surface area contributed by atoms with Gasteiger partial charge in [0.1, 0.15) is 0 Å². The summed E-state index contributed by atoms with van der Waals surface area (Å²) in [4.78, 5) is 13.5. The maximum atomic E-state index is 14.4. The molecule has 0 heterocycles. The number of rotatable bonds is 5. The Morgan fingerprint density at radius 2 is 0.975 bits per heavy atom. The summed E-state index contributed by atoms with van der Waals surface area (Å²) in [7, 11) is 0. The monoisotopic (exact) mass is 612 g/mol. The van der Waals surface area contributed by atoms with Crippen LogP contribution in [0.15, 0.2) is 0 Å². The SMILES string of the molecule is CC(C(C)(C)C)C(C)(C(=O)OC(C1CCC(C(O)(C(F)(F)F)C(F)(F)F)CC1)(C(F)(F)F)C(F)(F)F)C(C)(C)C. The molecule has 40 heavy (non-hydrogen) atoms. The molecule has 1 aliphatic rings. The van der Waals surface area contributed by atoms with Crippen molar-refractivity contribution in [2.45, 2.75) is 117 Å². The molecule has 0 radical (unpaired) electrons. The first-order chi connectivity index (χ1) is 17.2. The smallest absolute Gasteiger partial charge is 0.437 e. The molecule has 0 bridgehead atoms. The highest BCUT2D eigenvalue weighted by Gasteiger charge is 2.79. The quantitative estimate of drug-likeness (QED) is 0.249. The van der Waals surface area contributed by atoms with Crippen LogP contribution in [0.1, 0.15) is 81.1 Å². The van der Waals surface area contributed by atoms with Crippen molar-refractivity contribution in [2.24, 2.45) is 34.0 Å². The van der Waals surface area contributed by atoms with Crippen LogP contribution in [0.2, 0.25) is 0 Å². The van der Waals surface area contributed by atoms with Gasteiger partial charge in [-0.15, -0.1) is 0 Å². The van der Waals surface area contributed by atoms with E-state index in [0.29, 0.717) is 0 Å².